The molecular weight excluding hydrogens is 286 g/mol. The Morgan fingerprint density at radius 1 is 1.43 bits per heavy atom. The predicted octanol–water partition coefficient (Wildman–Crippen LogP) is 1.73. The number of carbonyl (C=O) groups excluding carboxylic acids is 1. The average molecular weight is 313 g/mol. The zero-order valence-electron chi connectivity index (χ0n) is 13.5. The molecule has 6 heteroatoms. The average Bonchev–Trinajstić information content (AvgIpc) is 2.47. The summed E-state index contributed by atoms with van der Waals surface area (Å²) in [5, 5.41) is 4.21. The Morgan fingerprint density at radius 3 is 2.71 bits per heavy atom. The second kappa shape index (κ2) is 7.01. The van der Waals surface area contributed by atoms with Crippen LogP contribution in [0.1, 0.15) is 34.1 Å². The fraction of sp³-hybridized carbons (Fsp3) is 0.867. The number of hydrogen-bond acceptors (Lipinski definition) is 5. The minimum atomic E-state index is -0.229. The molecule has 0 aromatic heterocycles. The Morgan fingerprint density at radius 2 is 2.10 bits per heavy atom. The molecule has 1 fully saturated rings. The Hall–Kier alpha value is -0.750. The molecule has 1 amide bonds. The van der Waals surface area contributed by atoms with Crippen LogP contribution < -0.4 is 5.32 Å². The third-order valence-electron chi connectivity index (χ3n) is 3.94. The highest BCUT2D eigenvalue weighted by atomic mass is 32.2. The van der Waals surface area contributed by atoms with Crippen LogP contribution in [0, 0.1) is 5.41 Å². The fourth-order valence-corrected chi connectivity index (χ4v) is 3.52. The van der Waals surface area contributed by atoms with Gasteiger partial charge in [0.15, 0.2) is 5.17 Å². The minimum Gasteiger partial charge on any atom is -0.378 e. The van der Waals surface area contributed by atoms with Gasteiger partial charge < -0.3 is 15.0 Å². The van der Waals surface area contributed by atoms with Crippen LogP contribution in [0.2, 0.25) is 0 Å². The van der Waals surface area contributed by atoms with E-state index in [0.29, 0.717) is 32.3 Å². The van der Waals surface area contributed by atoms with Crippen molar-refractivity contribution in [3.8, 4) is 0 Å². The maximum atomic E-state index is 12.4. The second-order valence-corrected chi connectivity index (χ2v) is 7.84. The lowest BCUT2D eigenvalue weighted by molar-refractivity contribution is -0.136. The Kier molecular flexibility index (Phi) is 5.54. The van der Waals surface area contributed by atoms with Crippen LogP contribution in [0.4, 0.5) is 0 Å². The molecule has 120 valence electrons. The molecule has 2 aliphatic heterocycles. The molecule has 0 saturated carbocycles. The van der Waals surface area contributed by atoms with Crippen molar-refractivity contribution in [2.24, 2.45) is 10.4 Å². The van der Waals surface area contributed by atoms with E-state index in [1.807, 2.05) is 11.8 Å². The lowest BCUT2D eigenvalue weighted by atomic mass is 9.85. The summed E-state index contributed by atoms with van der Waals surface area (Å²) in [7, 11) is 0. The predicted molar refractivity (Wildman–Crippen MR) is 87.7 cm³/mol. The molecule has 1 N–H and O–H groups in total. The van der Waals surface area contributed by atoms with E-state index >= 15 is 0 Å². The molecule has 2 heterocycles. The summed E-state index contributed by atoms with van der Waals surface area (Å²) in [6.07, 6.45) is 1.10. The maximum Gasteiger partial charge on any atom is 0.244 e. The first-order chi connectivity index (χ1) is 9.88. The van der Waals surface area contributed by atoms with E-state index in [1.54, 1.807) is 11.8 Å². The van der Waals surface area contributed by atoms with E-state index in [0.717, 1.165) is 17.3 Å². The van der Waals surface area contributed by atoms with Crippen LogP contribution in [0.15, 0.2) is 4.99 Å². The first kappa shape index (κ1) is 16.6. The van der Waals surface area contributed by atoms with Gasteiger partial charge in [-0.15, -0.1) is 0 Å². The third-order valence-corrected chi connectivity index (χ3v) is 4.87. The van der Waals surface area contributed by atoms with Crippen molar-refractivity contribution in [1.29, 1.82) is 0 Å². The first-order valence-corrected chi connectivity index (χ1v) is 8.70. The maximum absolute atomic E-state index is 12.4. The summed E-state index contributed by atoms with van der Waals surface area (Å²) in [5.41, 5.74) is 0.172. The number of amidine groups is 1. The van der Waals surface area contributed by atoms with Gasteiger partial charge in [0.05, 0.1) is 19.3 Å². The second-order valence-electron chi connectivity index (χ2n) is 6.76. The lowest BCUT2D eigenvalue weighted by Gasteiger charge is -2.33. The summed E-state index contributed by atoms with van der Waals surface area (Å²) >= 11 is 1.72. The summed E-state index contributed by atoms with van der Waals surface area (Å²) < 4.78 is 5.29. The molecule has 0 bridgehead atoms. The molecule has 0 aliphatic carbocycles. The number of rotatable bonds is 2. The SMILES string of the molecule is CC(NC1=NC(C(C)(C)C)CCS1)C(=O)N1CCOCC1. The van der Waals surface area contributed by atoms with E-state index in [-0.39, 0.29) is 17.4 Å². The van der Waals surface area contributed by atoms with Crippen molar-refractivity contribution in [1.82, 2.24) is 10.2 Å². The molecule has 2 rings (SSSR count). The van der Waals surface area contributed by atoms with Gasteiger partial charge >= 0.3 is 0 Å². The van der Waals surface area contributed by atoms with Crippen LogP contribution in [0.5, 0.6) is 0 Å². The Balaban J connectivity index is 1.93. The number of carbonyl (C=O) groups is 1. The van der Waals surface area contributed by atoms with E-state index in [9.17, 15) is 4.79 Å². The van der Waals surface area contributed by atoms with Crippen molar-refractivity contribution in [2.75, 3.05) is 32.1 Å². The van der Waals surface area contributed by atoms with Crippen LogP contribution in [0.25, 0.3) is 0 Å². The normalized spacial score (nSPS) is 25.2. The van der Waals surface area contributed by atoms with E-state index in [4.69, 9.17) is 9.73 Å². The molecule has 0 aromatic rings. The minimum absolute atomic E-state index is 0.138. The third kappa shape index (κ3) is 4.61. The molecule has 1 saturated heterocycles. The number of amides is 1. The van der Waals surface area contributed by atoms with Crippen molar-refractivity contribution < 1.29 is 9.53 Å². The van der Waals surface area contributed by atoms with Gasteiger partial charge in [0.25, 0.3) is 0 Å². The monoisotopic (exact) mass is 313 g/mol. The van der Waals surface area contributed by atoms with Gasteiger partial charge in [-0.2, -0.15) is 0 Å². The highest BCUT2D eigenvalue weighted by molar-refractivity contribution is 8.13. The molecule has 21 heavy (non-hydrogen) atoms. The topological polar surface area (TPSA) is 53.9 Å². The smallest absolute Gasteiger partial charge is 0.244 e. The van der Waals surface area contributed by atoms with Gasteiger partial charge in [0.1, 0.15) is 6.04 Å². The van der Waals surface area contributed by atoms with Crippen LogP contribution in [-0.2, 0) is 9.53 Å². The number of aliphatic imine (C=N–C) groups is 1. The molecule has 0 radical (unpaired) electrons. The molecule has 2 unspecified atom stereocenters. The van der Waals surface area contributed by atoms with Crippen molar-refractivity contribution >= 4 is 22.8 Å². The van der Waals surface area contributed by atoms with Crippen LogP contribution in [0.3, 0.4) is 0 Å². The summed E-state index contributed by atoms with van der Waals surface area (Å²) in [5.74, 6) is 1.20. The van der Waals surface area contributed by atoms with Crippen molar-refractivity contribution in [2.45, 2.75) is 46.2 Å². The Bertz CT molecular complexity index is 400. The fourth-order valence-electron chi connectivity index (χ4n) is 2.52. The molecule has 5 nitrogen and oxygen atoms in total. The van der Waals surface area contributed by atoms with Gasteiger partial charge in [-0.25, -0.2) is 0 Å². The van der Waals surface area contributed by atoms with Gasteiger partial charge in [0.2, 0.25) is 5.91 Å². The number of nitrogens with zero attached hydrogens (tertiary/aromatic N) is 2. The quantitative estimate of drug-likeness (QED) is 0.843. The summed E-state index contributed by atoms with van der Waals surface area (Å²) in [4.78, 5) is 19.1. The van der Waals surface area contributed by atoms with Gasteiger partial charge in [-0.05, 0) is 18.8 Å². The highest BCUT2D eigenvalue weighted by Crippen LogP contribution is 2.30. The zero-order valence-corrected chi connectivity index (χ0v) is 14.3. The van der Waals surface area contributed by atoms with Crippen LogP contribution in [-0.4, -0.2) is 60.1 Å². The van der Waals surface area contributed by atoms with E-state index in [2.05, 4.69) is 26.1 Å². The number of morpholine rings is 1. The van der Waals surface area contributed by atoms with Gasteiger partial charge in [-0.1, -0.05) is 32.5 Å². The molecule has 0 spiro atoms. The first-order valence-electron chi connectivity index (χ1n) is 7.71. The van der Waals surface area contributed by atoms with Crippen LogP contribution >= 0.6 is 11.8 Å². The Labute approximate surface area is 131 Å². The molecular formula is C15H27N3O2S. The summed E-state index contributed by atoms with van der Waals surface area (Å²) in [6.45, 7) is 11.2. The van der Waals surface area contributed by atoms with Gasteiger partial charge in [-0.3, -0.25) is 9.79 Å². The van der Waals surface area contributed by atoms with Crippen molar-refractivity contribution in [3.63, 3.8) is 0 Å². The van der Waals surface area contributed by atoms with Crippen molar-refractivity contribution in [3.05, 3.63) is 0 Å². The number of nitrogens with one attached hydrogen (secondary N) is 1. The number of hydrogen-bond donors (Lipinski definition) is 1. The lowest BCUT2D eigenvalue weighted by Crippen LogP contribution is -2.50. The number of ether oxygens (including phenoxy) is 1. The summed E-state index contributed by atoms with van der Waals surface area (Å²) in [6, 6.07) is 0.0972. The largest absolute Gasteiger partial charge is 0.378 e. The zero-order chi connectivity index (χ0) is 15.5. The highest BCUT2D eigenvalue weighted by Gasteiger charge is 2.29. The standard InChI is InChI=1S/C15H27N3O2S/c1-11(13(19)18-6-8-20-9-7-18)16-14-17-12(5-10-21-14)15(2,3)4/h11-12H,5-10H2,1-4H3,(H,16,17). The molecule has 2 aliphatic rings. The van der Waals surface area contributed by atoms with E-state index in [1.165, 1.54) is 0 Å². The van der Waals surface area contributed by atoms with E-state index < -0.39 is 0 Å². The van der Waals surface area contributed by atoms with Gasteiger partial charge in [0, 0.05) is 18.8 Å². The number of thioether (sulfide) groups is 1. The molecule has 2 atom stereocenters. The molecule has 0 aromatic carbocycles.